The van der Waals surface area contributed by atoms with E-state index in [1.54, 1.807) is 0 Å². The number of para-hydroxylation sites is 6. The SMILES string of the molecule is Cc1ccccc1N(c1ccc2cc3c(cc2c1)oc1cc(-c2cccc4c2oc2ccccc24)c2oc4cc5cc(N(c6ccccc6C)c6ccccc6C)ccc5cc4c2c13)c1ccccc1C. The fourth-order valence-electron chi connectivity index (χ4n) is 11.2. The summed E-state index contributed by atoms with van der Waals surface area (Å²) >= 11 is 0. The van der Waals surface area contributed by atoms with Crippen LogP contribution < -0.4 is 9.80 Å². The van der Waals surface area contributed by atoms with Gasteiger partial charge in [-0.3, -0.25) is 0 Å². The Balaban J connectivity index is 1.01. The van der Waals surface area contributed by atoms with Crippen LogP contribution in [0.2, 0.25) is 0 Å². The van der Waals surface area contributed by atoms with Gasteiger partial charge in [-0.2, -0.15) is 0 Å². The highest BCUT2D eigenvalue weighted by atomic mass is 16.3. The van der Waals surface area contributed by atoms with E-state index in [0.29, 0.717) is 0 Å². The molecule has 5 heteroatoms. The Morgan fingerprint density at radius 2 is 0.746 bits per heavy atom. The van der Waals surface area contributed by atoms with Gasteiger partial charge < -0.3 is 23.1 Å². The van der Waals surface area contributed by atoms with Crippen molar-refractivity contribution in [3.8, 4) is 11.1 Å². The summed E-state index contributed by atoms with van der Waals surface area (Å²) < 4.78 is 21.0. The number of aryl methyl sites for hydroxylation is 4. The second-order valence-corrected chi connectivity index (χ2v) is 19.1. The van der Waals surface area contributed by atoms with Gasteiger partial charge in [-0.05, 0) is 156 Å². The van der Waals surface area contributed by atoms with Gasteiger partial charge in [-0.15, -0.1) is 0 Å². The number of hydrogen-bond acceptors (Lipinski definition) is 5. The fraction of sp³-hybridized carbons (Fsp3) is 0.0606. The zero-order valence-electron chi connectivity index (χ0n) is 39.7. The largest absolute Gasteiger partial charge is 0.456 e. The van der Waals surface area contributed by atoms with E-state index < -0.39 is 0 Å². The average molecular weight is 915 g/mol. The number of nitrogens with zero attached hydrogens (tertiary/aromatic N) is 2. The molecule has 71 heavy (non-hydrogen) atoms. The maximum absolute atomic E-state index is 7.23. The molecule has 14 aromatic rings. The minimum atomic E-state index is 0.790. The first-order valence-electron chi connectivity index (χ1n) is 24.3. The quantitative estimate of drug-likeness (QED) is 0.159. The van der Waals surface area contributed by atoms with Gasteiger partial charge in [0.2, 0.25) is 0 Å². The molecule has 338 valence electrons. The molecule has 3 aromatic heterocycles. The average Bonchev–Trinajstić information content (AvgIpc) is 4.08. The van der Waals surface area contributed by atoms with Crippen molar-refractivity contribution < 1.29 is 13.3 Å². The van der Waals surface area contributed by atoms with Crippen molar-refractivity contribution >= 4 is 121 Å². The predicted molar refractivity (Wildman–Crippen MR) is 297 cm³/mol. The van der Waals surface area contributed by atoms with Crippen LogP contribution in [-0.2, 0) is 0 Å². The Bertz CT molecular complexity index is 4400. The standard InChI is InChI=1S/C66H46N2O3/c1-39-16-5-10-23-55(39)67(56-24-11-6-17-40(56)2)47-30-28-43-34-53-60(36-45(43)32-47)69-62-38-52(51-22-15-21-50-49-20-9-14-27-59(49)70-65(50)51)66-64(63(53)62)54-35-44-29-31-48(33-46(44)37-61(54)71-66)68(57-25-12-7-18-41(57)3)58-26-13-8-19-42(58)4/h5-38H,1-4H3. The number of anilines is 6. The van der Waals surface area contributed by atoms with E-state index in [0.717, 1.165) is 133 Å². The summed E-state index contributed by atoms with van der Waals surface area (Å²) in [6.45, 7) is 8.71. The Morgan fingerprint density at radius 3 is 1.30 bits per heavy atom. The lowest BCUT2D eigenvalue weighted by molar-refractivity contribution is 0.662. The van der Waals surface area contributed by atoms with Gasteiger partial charge >= 0.3 is 0 Å². The van der Waals surface area contributed by atoms with Gasteiger partial charge in [0.25, 0.3) is 0 Å². The third-order valence-electron chi connectivity index (χ3n) is 14.7. The maximum Gasteiger partial charge on any atom is 0.144 e. The van der Waals surface area contributed by atoms with E-state index in [-0.39, 0.29) is 0 Å². The van der Waals surface area contributed by atoms with E-state index in [1.165, 1.54) is 22.3 Å². The third kappa shape index (κ3) is 6.40. The molecule has 0 unspecified atom stereocenters. The van der Waals surface area contributed by atoms with Crippen LogP contribution in [0.1, 0.15) is 22.3 Å². The van der Waals surface area contributed by atoms with Gasteiger partial charge in [-0.25, -0.2) is 0 Å². The molecule has 0 aliphatic rings. The molecule has 0 aliphatic heterocycles. The molecule has 0 atom stereocenters. The van der Waals surface area contributed by atoms with Gasteiger partial charge in [0.15, 0.2) is 0 Å². The summed E-state index contributed by atoms with van der Waals surface area (Å²) in [6.07, 6.45) is 0. The van der Waals surface area contributed by atoms with Crippen LogP contribution in [0.15, 0.2) is 220 Å². The number of rotatable bonds is 7. The lowest BCUT2D eigenvalue weighted by Gasteiger charge is -2.28. The topological polar surface area (TPSA) is 45.9 Å². The van der Waals surface area contributed by atoms with Gasteiger partial charge in [-0.1, -0.05) is 121 Å². The van der Waals surface area contributed by atoms with Crippen molar-refractivity contribution in [1.82, 2.24) is 0 Å². The number of benzene rings is 11. The number of furan rings is 3. The molecule has 11 aromatic carbocycles. The first-order chi connectivity index (χ1) is 34.8. The minimum Gasteiger partial charge on any atom is -0.456 e. The highest BCUT2D eigenvalue weighted by Gasteiger charge is 2.25. The Morgan fingerprint density at radius 1 is 0.282 bits per heavy atom. The molecule has 0 fully saturated rings. The molecule has 0 saturated carbocycles. The molecule has 0 bridgehead atoms. The molecule has 3 heterocycles. The second-order valence-electron chi connectivity index (χ2n) is 19.1. The fourth-order valence-corrected chi connectivity index (χ4v) is 11.2. The molecular weight excluding hydrogens is 869 g/mol. The van der Waals surface area contributed by atoms with E-state index in [1.807, 2.05) is 12.1 Å². The van der Waals surface area contributed by atoms with Crippen molar-refractivity contribution in [3.05, 3.63) is 229 Å². The first kappa shape index (κ1) is 41.0. The normalized spacial score (nSPS) is 11.9. The van der Waals surface area contributed by atoms with Crippen molar-refractivity contribution in [2.24, 2.45) is 0 Å². The summed E-state index contributed by atoms with van der Waals surface area (Å²) in [5, 5.41) is 10.7. The number of hydrogen-bond donors (Lipinski definition) is 0. The van der Waals surface area contributed by atoms with E-state index >= 15 is 0 Å². The summed E-state index contributed by atoms with van der Waals surface area (Å²) in [6, 6.07) is 73.8. The molecule has 14 rings (SSSR count). The summed E-state index contributed by atoms with van der Waals surface area (Å²) in [7, 11) is 0. The molecular formula is C66H46N2O3. The van der Waals surface area contributed by atoms with Crippen molar-refractivity contribution in [3.63, 3.8) is 0 Å². The van der Waals surface area contributed by atoms with Gasteiger partial charge in [0.1, 0.15) is 33.5 Å². The molecule has 0 amide bonds. The van der Waals surface area contributed by atoms with Crippen LogP contribution in [0.3, 0.4) is 0 Å². The van der Waals surface area contributed by atoms with Crippen LogP contribution in [0, 0.1) is 27.7 Å². The number of fused-ring (bicyclic) bond motifs is 12. The van der Waals surface area contributed by atoms with Crippen LogP contribution in [-0.4, -0.2) is 0 Å². The van der Waals surface area contributed by atoms with E-state index in [4.69, 9.17) is 13.3 Å². The smallest absolute Gasteiger partial charge is 0.144 e. The maximum atomic E-state index is 7.23. The van der Waals surface area contributed by atoms with E-state index in [9.17, 15) is 0 Å². The molecule has 0 radical (unpaired) electrons. The van der Waals surface area contributed by atoms with Gasteiger partial charge in [0, 0.05) is 77.6 Å². The summed E-state index contributed by atoms with van der Waals surface area (Å²) in [5.41, 5.74) is 18.3. The zero-order valence-corrected chi connectivity index (χ0v) is 39.7. The Hall–Kier alpha value is -9.06. The van der Waals surface area contributed by atoms with Crippen LogP contribution in [0.4, 0.5) is 34.1 Å². The molecule has 5 nitrogen and oxygen atoms in total. The monoisotopic (exact) mass is 914 g/mol. The molecule has 0 spiro atoms. The Kier molecular flexibility index (Phi) is 9.08. The molecule has 0 N–H and O–H groups in total. The summed E-state index contributed by atoms with van der Waals surface area (Å²) in [4.78, 5) is 4.74. The second kappa shape index (κ2) is 15.7. The summed E-state index contributed by atoms with van der Waals surface area (Å²) in [5.74, 6) is 0. The van der Waals surface area contributed by atoms with Crippen LogP contribution >= 0.6 is 0 Å². The highest BCUT2D eigenvalue weighted by molar-refractivity contribution is 6.31. The predicted octanol–water partition coefficient (Wildman–Crippen LogP) is 19.5. The Labute approximate surface area is 410 Å². The lowest BCUT2D eigenvalue weighted by Crippen LogP contribution is -2.12. The third-order valence-corrected chi connectivity index (χ3v) is 14.7. The van der Waals surface area contributed by atoms with Crippen molar-refractivity contribution in [2.75, 3.05) is 9.80 Å². The van der Waals surface area contributed by atoms with Gasteiger partial charge in [0.05, 0.1) is 0 Å². The highest BCUT2D eigenvalue weighted by Crippen LogP contribution is 2.49. The van der Waals surface area contributed by atoms with Crippen LogP contribution in [0.25, 0.3) is 98.5 Å². The first-order valence-corrected chi connectivity index (χ1v) is 24.3. The van der Waals surface area contributed by atoms with Crippen molar-refractivity contribution in [2.45, 2.75) is 27.7 Å². The minimum absolute atomic E-state index is 0.790. The van der Waals surface area contributed by atoms with Crippen LogP contribution in [0.5, 0.6) is 0 Å². The zero-order chi connectivity index (χ0) is 47.5. The van der Waals surface area contributed by atoms with E-state index in [2.05, 4.69) is 232 Å². The molecule has 0 aliphatic carbocycles. The lowest BCUT2D eigenvalue weighted by atomic mass is 9.95. The van der Waals surface area contributed by atoms with Crippen molar-refractivity contribution in [1.29, 1.82) is 0 Å². The molecule has 0 saturated heterocycles.